The molecule has 0 saturated carbocycles. The molecular formula is C20H20N2O3S2. The van der Waals surface area contributed by atoms with E-state index in [0.29, 0.717) is 12.2 Å². The number of carbonyl (C=O) groups excluding carboxylic acids is 1. The molecule has 3 rings (SSSR count). The summed E-state index contributed by atoms with van der Waals surface area (Å²) in [6.45, 7) is 2.58. The van der Waals surface area contributed by atoms with Crippen LogP contribution >= 0.6 is 23.1 Å². The molecule has 3 aromatic rings. The molecular weight excluding hydrogens is 380 g/mol. The number of hydrogen-bond acceptors (Lipinski definition) is 7. The molecule has 1 heterocycles. The number of nitrogens with one attached hydrogen (secondary N) is 1. The second kappa shape index (κ2) is 8.92. The van der Waals surface area contributed by atoms with E-state index in [1.807, 2.05) is 31.4 Å². The van der Waals surface area contributed by atoms with Crippen LogP contribution in [0.5, 0.6) is 11.5 Å². The summed E-state index contributed by atoms with van der Waals surface area (Å²) in [5.41, 5.74) is 1.50. The molecule has 0 unspecified atom stereocenters. The Bertz CT molecular complexity index is 965. The van der Waals surface area contributed by atoms with Crippen molar-refractivity contribution in [1.82, 2.24) is 4.98 Å². The van der Waals surface area contributed by atoms with Gasteiger partial charge in [0.1, 0.15) is 11.5 Å². The van der Waals surface area contributed by atoms with Gasteiger partial charge in [0.25, 0.3) is 0 Å². The predicted molar refractivity (Wildman–Crippen MR) is 113 cm³/mol. The van der Waals surface area contributed by atoms with E-state index in [9.17, 15) is 4.79 Å². The number of aromatic nitrogens is 1. The average molecular weight is 401 g/mol. The molecule has 0 atom stereocenters. The Morgan fingerprint density at radius 3 is 2.63 bits per heavy atom. The minimum Gasteiger partial charge on any atom is -0.497 e. The minimum atomic E-state index is -0.0748. The Morgan fingerprint density at radius 1 is 1.22 bits per heavy atom. The molecule has 0 aliphatic rings. The topological polar surface area (TPSA) is 60.5 Å². The van der Waals surface area contributed by atoms with E-state index >= 15 is 0 Å². The van der Waals surface area contributed by atoms with Crippen molar-refractivity contribution in [2.24, 2.45) is 0 Å². The number of ketones is 1. The van der Waals surface area contributed by atoms with E-state index in [2.05, 4.69) is 10.3 Å². The summed E-state index contributed by atoms with van der Waals surface area (Å²) in [7, 11) is 1.60. The first-order chi connectivity index (χ1) is 13.1. The zero-order valence-electron chi connectivity index (χ0n) is 15.3. The van der Waals surface area contributed by atoms with Crippen molar-refractivity contribution >= 4 is 44.2 Å². The summed E-state index contributed by atoms with van der Waals surface area (Å²) in [5, 5.41) is 4.71. The van der Waals surface area contributed by atoms with Crippen LogP contribution in [0.4, 0.5) is 5.13 Å². The van der Waals surface area contributed by atoms with E-state index in [1.165, 1.54) is 23.1 Å². The highest BCUT2D eigenvalue weighted by Gasteiger charge is 2.09. The summed E-state index contributed by atoms with van der Waals surface area (Å²) < 4.78 is 11.7. The van der Waals surface area contributed by atoms with Gasteiger partial charge in [-0.25, -0.2) is 4.98 Å². The monoisotopic (exact) mass is 400 g/mol. The molecule has 140 valence electrons. The van der Waals surface area contributed by atoms with Crippen LogP contribution in [-0.2, 0) is 0 Å². The quantitative estimate of drug-likeness (QED) is 0.414. The third kappa shape index (κ3) is 4.81. The Balaban J connectivity index is 1.77. The second-order valence-electron chi connectivity index (χ2n) is 5.51. The molecule has 0 aliphatic heterocycles. The van der Waals surface area contributed by atoms with E-state index in [0.717, 1.165) is 31.9 Å². The standard InChI is InChI=1S/C20H20N2O3S2/c1-4-25-15-9-10-16-18(11-15)27-20(21-16)22-19(26-3)12-17(23)13-5-7-14(24-2)8-6-13/h5-12H,4H2,1-3H3,(H,21,22)/b19-12+. The van der Waals surface area contributed by atoms with Gasteiger partial charge in [0.05, 0.1) is 29.0 Å². The predicted octanol–water partition coefficient (Wildman–Crippen LogP) is 5.20. The fourth-order valence-electron chi connectivity index (χ4n) is 2.42. The number of fused-ring (bicyclic) bond motifs is 1. The summed E-state index contributed by atoms with van der Waals surface area (Å²) in [6, 6.07) is 12.9. The molecule has 1 aromatic heterocycles. The molecule has 27 heavy (non-hydrogen) atoms. The van der Waals surface area contributed by atoms with Crippen LogP contribution in [0.25, 0.3) is 10.2 Å². The van der Waals surface area contributed by atoms with Crippen LogP contribution < -0.4 is 14.8 Å². The summed E-state index contributed by atoms with van der Waals surface area (Å²) in [4.78, 5) is 17.1. The van der Waals surface area contributed by atoms with Crippen molar-refractivity contribution in [1.29, 1.82) is 0 Å². The molecule has 7 heteroatoms. The molecule has 0 radical (unpaired) electrons. The number of carbonyl (C=O) groups is 1. The molecule has 0 aliphatic carbocycles. The third-order valence-electron chi connectivity index (χ3n) is 3.76. The maximum atomic E-state index is 12.5. The van der Waals surface area contributed by atoms with Gasteiger partial charge in [-0.05, 0) is 55.6 Å². The van der Waals surface area contributed by atoms with Crippen molar-refractivity contribution in [2.75, 3.05) is 25.3 Å². The van der Waals surface area contributed by atoms with E-state index in [-0.39, 0.29) is 5.78 Å². The first kappa shape index (κ1) is 19.3. The second-order valence-corrected chi connectivity index (χ2v) is 7.39. The van der Waals surface area contributed by atoms with Crippen LogP contribution in [0.1, 0.15) is 17.3 Å². The first-order valence-electron chi connectivity index (χ1n) is 8.37. The maximum absolute atomic E-state index is 12.5. The number of thiazole rings is 1. The van der Waals surface area contributed by atoms with Crippen molar-refractivity contribution < 1.29 is 14.3 Å². The lowest BCUT2D eigenvalue weighted by molar-refractivity contribution is 0.104. The lowest BCUT2D eigenvalue weighted by Crippen LogP contribution is -2.01. The van der Waals surface area contributed by atoms with Crippen LogP contribution in [-0.4, -0.2) is 30.7 Å². The van der Waals surface area contributed by atoms with Crippen LogP contribution in [0.3, 0.4) is 0 Å². The lowest BCUT2D eigenvalue weighted by Gasteiger charge is -2.05. The number of rotatable bonds is 8. The zero-order chi connectivity index (χ0) is 19.2. The highest BCUT2D eigenvalue weighted by molar-refractivity contribution is 8.02. The van der Waals surface area contributed by atoms with Crippen molar-refractivity contribution in [3.05, 3.63) is 59.1 Å². The Labute approximate surface area is 166 Å². The maximum Gasteiger partial charge on any atom is 0.188 e. The van der Waals surface area contributed by atoms with E-state index < -0.39 is 0 Å². The van der Waals surface area contributed by atoms with Gasteiger partial charge in [-0.2, -0.15) is 0 Å². The average Bonchev–Trinajstić information content (AvgIpc) is 3.09. The number of hydrogen-bond donors (Lipinski definition) is 1. The van der Waals surface area contributed by atoms with Crippen molar-refractivity contribution in [3.8, 4) is 11.5 Å². The number of benzene rings is 2. The normalized spacial score (nSPS) is 11.4. The van der Waals surface area contributed by atoms with Crippen LogP contribution in [0, 0.1) is 0 Å². The number of allylic oxidation sites excluding steroid dienone is 1. The van der Waals surface area contributed by atoms with Gasteiger partial charge in [-0.3, -0.25) is 4.79 Å². The molecule has 1 N–H and O–H groups in total. The van der Waals surface area contributed by atoms with Gasteiger partial charge < -0.3 is 14.8 Å². The Morgan fingerprint density at radius 2 is 1.96 bits per heavy atom. The smallest absolute Gasteiger partial charge is 0.188 e. The largest absolute Gasteiger partial charge is 0.497 e. The Kier molecular flexibility index (Phi) is 6.36. The van der Waals surface area contributed by atoms with Gasteiger partial charge in [0.2, 0.25) is 0 Å². The summed E-state index contributed by atoms with van der Waals surface area (Å²) >= 11 is 2.99. The minimum absolute atomic E-state index is 0.0748. The van der Waals surface area contributed by atoms with Gasteiger partial charge >= 0.3 is 0 Å². The van der Waals surface area contributed by atoms with E-state index in [1.54, 1.807) is 37.5 Å². The summed E-state index contributed by atoms with van der Waals surface area (Å²) in [5.74, 6) is 1.48. The van der Waals surface area contributed by atoms with Gasteiger partial charge in [-0.1, -0.05) is 11.3 Å². The molecule has 0 fully saturated rings. The van der Waals surface area contributed by atoms with Gasteiger partial charge in [-0.15, -0.1) is 11.8 Å². The molecule has 0 amide bonds. The highest BCUT2D eigenvalue weighted by atomic mass is 32.2. The van der Waals surface area contributed by atoms with Crippen LogP contribution in [0.2, 0.25) is 0 Å². The Hall–Kier alpha value is -2.51. The number of nitrogens with zero attached hydrogens (tertiary/aromatic N) is 1. The molecule has 2 aromatic carbocycles. The number of ether oxygens (including phenoxy) is 2. The number of methoxy groups -OCH3 is 1. The molecule has 0 bridgehead atoms. The number of anilines is 1. The molecule has 0 saturated heterocycles. The molecule has 5 nitrogen and oxygen atoms in total. The fourth-order valence-corrected chi connectivity index (χ4v) is 3.82. The summed E-state index contributed by atoms with van der Waals surface area (Å²) in [6.07, 6.45) is 3.50. The lowest BCUT2D eigenvalue weighted by atomic mass is 10.1. The highest BCUT2D eigenvalue weighted by Crippen LogP contribution is 2.31. The van der Waals surface area contributed by atoms with Gasteiger partial charge in [0.15, 0.2) is 10.9 Å². The van der Waals surface area contributed by atoms with Crippen LogP contribution in [0.15, 0.2) is 53.6 Å². The molecule has 0 spiro atoms. The van der Waals surface area contributed by atoms with Crippen molar-refractivity contribution in [3.63, 3.8) is 0 Å². The SMILES string of the molecule is CCOc1ccc2nc(N/C(=C\C(=O)c3ccc(OC)cc3)SC)sc2c1. The first-order valence-corrected chi connectivity index (χ1v) is 10.4. The van der Waals surface area contributed by atoms with E-state index in [4.69, 9.17) is 9.47 Å². The van der Waals surface area contributed by atoms with Gasteiger partial charge in [0, 0.05) is 11.6 Å². The third-order valence-corrected chi connectivity index (χ3v) is 5.35. The fraction of sp³-hybridized carbons (Fsp3) is 0.200. The number of thioether (sulfide) groups is 1. The zero-order valence-corrected chi connectivity index (χ0v) is 16.9. The van der Waals surface area contributed by atoms with Crippen molar-refractivity contribution in [2.45, 2.75) is 6.92 Å².